The highest BCUT2D eigenvalue weighted by atomic mass is 15.2. The molecule has 16 rings (SSSR count). The largest absolute Gasteiger partial charge is 0.310 e. The van der Waals surface area contributed by atoms with Crippen molar-refractivity contribution in [2.45, 2.75) is 132 Å². The number of rotatable bonds is 12. The van der Waals surface area contributed by atoms with Crippen LogP contribution in [0, 0.1) is 27.7 Å². The van der Waals surface area contributed by atoms with Crippen LogP contribution in [0.3, 0.4) is 0 Å². The van der Waals surface area contributed by atoms with E-state index < -0.39 is 0 Å². The molecule has 0 spiro atoms. The van der Waals surface area contributed by atoms with Crippen LogP contribution in [0.2, 0.25) is 0 Å². The van der Waals surface area contributed by atoms with Gasteiger partial charge in [0.15, 0.2) is 0 Å². The summed E-state index contributed by atoms with van der Waals surface area (Å²) in [4.78, 5) is 30.6. The lowest BCUT2D eigenvalue weighted by Gasteiger charge is -2.36. The van der Waals surface area contributed by atoms with Gasteiger partial charge in [0, 0.05) is 100 Å². The van der Waals surface area contributed by atoms with Gasteiger partial charge in [0.1, 0.15) is 0 Å². The molecule has 0 aliphatic heterocycles. The molecule has 16 aromatic rings. The zero-order chi connectivity index (χ0) is 72.5. The maximum atomic E-state index is 5.34. The molecule has 514 valence electrons. The first-order valence-electron chi connectivity index (χ1n) is 36.6. The van der Waals surface area contributed by atoms with Gasteiger partial charge in [-0.15, -0.1) is 0 Å². The Morgan fingerprint density at radius 1 is 0.221 bits per heavy atom. The Morgan fingerprint density at radius 3 is 0.760 bits per heavy atom. The molecule has 0 fully saturated rings. The number of fused-ring (bicyclic) bond motifs is 4. The van der Waals surface area contributed by atoms with Gasteiger partial charge in [0.2, 0.25) is 0 Å². The number of hydrogen-bond acceptors (Lipinski definition) is 8. The molecule has 0 amide bonds. The molecule has 4 aromatic heterocycles. The van der Waals surface area contributed by atoms with Crippen molar-refractivity contribution in [3.8, 4) is 0 Å². The first-order valence-corrected chi connectivity index (χ1v) is 36.6. The fourth-order valence-electron chi connectivity index (χ4n) is 15.8. The van der Waals surface area contributed by atoms with Crippen LogP contribution in [0.25, 0.3) is 75.9 Å². The van der Waals surface area contributed by atoms with Crippen molar-refractivity contribution in [3.63, 3.8) is 0 Å². The van der Waals surface area contributed by atoms with Crippen molar-refractivity contribution in [2.75, 3.05) is 19.6 Å². The molecule has 104 heavy (non-hydrogen) atoms. The molecular weight excluding hydrogens is 1270 g/mol. The third kappa shape index (κ3) is 11.6. The Balaban J connectivity index is 1.13. The second-order valence-corrected chi connectivity index (χ2v) is 32.6. The monoisotopic (exact) mass is 1350 g/mol. The normalized spacial score (nSPS) is 12.4. The zero-order valence-electron chi connectivity index (χ0n) is 62.8. The van der Waals surface area contributed by atoms with E-state index in [2.05, 4.69) is 373 Å². The third-order valence-corrected chi connectivity index (χ3v) is 21.8. The van der Waals surface area contributed by atoms with E-state index in [-0.39, 0.29) is 21.7 Å². The molecule has 0 aliphatic rings. The van der Waals surface area contributed by atoms with Crippen molar-refractivity contribution >= 4 is 144 Å². The van der Waals surface area contributed by atoms with Crippen molar-refractivity contribution < 1.29 is 0 Å². The van der Waals surface area contributed by atoms with Crippen LogP contribution in [0.15, 0.2) is 255 Å². The molecule has 12 aromatic carbocycles. The molecule has 4 heterocycles. The van der Waals surface area contributed by atoms with Crippen molar-refractivity contribution in [1.82, 2.24) is 19.9 Å². The predicted molar refractivity (Wildman–Crippen MR) is 444 cm³/mol. The van der Waals surface area contributed by atoms with Crippen molar-refractivity contribution in [2.24, 2.45) is 0 Å². The Labute approximate surface area is 612 Å². The molecule has 0 radical (unpaired) electrons. The van der Waals surface area contributed by atoms with E-state index in [1.165, 1.54) is 22.3 Å². The van der Waals surface area contributed by atoms with E-state index in [0.29, 0.717) is 0 Å². The molecule has 0 bridgehead atoms. The molecule has 8 heteroatoms. The Hall–Kier alpha value is -11.5. The number of hydrogen-bond donors (Lipinski definition) is 0. The summed E-state index contributed by atoms with van der Waals surface area (Å²) in [6.07, 6.45) is 7.99. The van der Waals surface area contributed by atoms with Gasteiger partial charge in [-0.25, -0.2) is 0 Å². The van der Waals surface area contributed by atoms with Gasteiger partial charge < -0.3 is 19.6 Å². The highest BCUT2D eigenvalue weighted by molar-refractivity contribution is 6.33. The van der Waals surface area contributed by atoms with Crippen LogP contribution in [-0.4, -0.2) is 19.9 Å². The van der Waals surface area contributed by atoms with Gasteiger partial charge in [0.25, 0.3) is 0 Å². The Morgan fingerprint density at radius 2 is 0.471 bits per heavy atom. The lowest BCUT2D eigenvalue weighted by atomic mass is 9.86. The molecule has 0 saturated heterocycles. The number of anilines is 12. The van der Waals surface area contributed by atoms with Gasteiger partial charge in [-0.3, -0.25) is 19.9 Å². The number of aryl methyl sites for hydroxylation is 4. The van der Waals surface area contributed by atoms with Crippen LogP contribution < -0.4 is 19.6 Å². The second kappa shape index (κ2) is 25.2. The maximum Gasteiger partial charge on any atom is 0.0706 e. The molecule has 8 nitrogen and oxygen atoms in total. The summed E-state index contributed by atoms with van der Waals surface area (Å²) < 4.78 is 0. The number of pyridine rings is 4. The minimum atomic E-state index is -0.0929. The fourth-order valence-corrected chi connectivity index (χ4v) is 15.8. The standard InChI is InChI=1S/C96H90N8/c1-59-73-25-21-53-97-81(73)49-51-83(59)101(67-37-29-63(30-38-67)93(5,6)7)85-55-87(103(69-41-33-65(34-42-69)95(11,12)13)89-57-99-79-27-19-17-23-71(79)61(89)3)77-47-48-78-88(104(70-43-35-66(36-44-70)96(14,15)16)90-58-100-80-28-20-18-24-72(80)62(90)4)56-86(76-46-45-75(85)91(77)92(76)78)102(68-39-31-64(32-40-68)94(8,9)10)84-52-50-82-74(60(84)2)26-22-54-98-82/h17-58H,1-16H3. The third-order valence-electron chi connectivity index (χ3n) is 21.8. The summed E-state index contributed by atoms with van der Waals surface area (Å²) in [5.74, 6) is 0. The minimum Gasteiger partial charge on any atom is -0.310 e. The van der Waals surface area contributed by atoms with E-state index in [1.54, 1.807) is 0 Å². The van der Waals surface area contributed by atoms with E-state index in [0.717, 1.165) is 166 Å². The van der Waals surface area contributed by atoms with E-state index >= 15 is 0 Å². The summed E-state index contributed by atoms with van der Waals surface area (Å²) in [6.45, 7) is 36.6. The zero-order valence-corrected chi connectivity index (χ0v) is 62.8. The maximum absolute atomic E-state index is 5.34. The van der Waals surface area contributed by atoms with Crippen molar-refractivity contribution in [1.29, 1.82) is 0 Å². The summed E-state index contributed by atoms with van der Waals surface area (Å²) in [7, 11) is 0. The number of benzene rings is 12. The SMILES string of the molecule is Cc1c(N(c2ccc(C(C)(C)C)cc2)c2cc(N(c3ccc(C(C)(C)C)cc3)c3cnc4ccccc4c3C)c3ccc4c(N(c5ccc(C(C)(C)C)cc5)c5cnc6ccccc6c5C)cc(N(c5ccc(C(C)(C)C)cc5)c5ccc6ncccc6c5C)c5ccc2c3c54)ccc2ncccc12. The highest BCUT2D eigenvalue weighted by Gasteiger charge is 2.33. The number of nitrogens with zero attached hydrogens (tertiary/aromatic N) is 8. The van der Waals surface area contributed by atoms with Crippen LogP contribution >= 0.6 is 0 Å². The van der Waals surface area contributed by atoms with Gasteiger partial charge in [-0.05, 0) is 203 Å². The Kier molecular flexibility index (Phi) is 16.2. The highest BCUT2D eigenvalue weighted by Crippen LogP contribution is 2.57. The van der Waals surface area contributed by atoms with Crippen LogP contribution in [0.1, 0.15) is 128 Å². The summed E-state index contributed by atoms with van der Waals surface area (Å²) in [5.41, 5.74) is 25.2. The minimum absolute atomic E-state index is 0.0903. The quantitative estimate of drug-likeness (QED) is 0.112. The number of aromatic nitrogens is 4. The summed E-state index contributed by atoms with van der Waals surface area (Å²) in [5, 5.41) is 11.0. The van der Waals surface area contributed by atoms with E-state index in [1.807, 2.05) is 12.4 Å². The van der Waals surface area contributed by atoms with E-state index in [9.17, 15) is 0 Å². The molecule has 0 saturated carbocycles. The van der Waals surface area contributed by atoms with Crippen LogP contribution in [-0.2, 0) is 21.7 Å². The number of para-hydroxylation sites is 2. The molecule has 0 aliphatic carbocycles. The first-order chi connectivity index (χ1) is 49.8. The van der Waals surface area contributed by atoms with Gasteiger partial charge >= 0.3 is 0 Å². The van der Waals surface area contributed by atoms with Crippen LogP contribution in [0.5, 0.6) is 0 Å². The lowest BCUT2D eigenvalue weighted by molar-refractivity contribution is 0.590. The van der Waals surface area contributed by atoms with Crippen LogP contribution in [0.4, 0.5) is 68.2 Å². The average molecular weight is 1360 g/mol. The van der Waals surface area contributed by atoms with Gasteiger partial charge in [-0.2, -0.15) is 0 Å². The van der Waals surface area contributed by atoms with E-state index in [4.69, 9.17) is 19.9 Å². The molecule has 0 N–H and O–H groups in total. The smallest absolute Gasteiger partial charge is 0.0706 e. The molecule has 0 unspecified atom stereocenters. The average Bonchev–Trinajstić information content (AvgIpc) is 0.697. The summed E-state index contributed by atoms with van der Waals surface area (Å²) in [6, 6.07) is 86.4. The summed E-state index contributed by atoms with van der Waals surface area (Å²) >= 11 is 0. The van der Waals surface area contributed by atoms with Crippen molar-refractivity contribution in [3.05, 3.63) is 300 Å². The predicted octanol–water partition coefficient (Wildman–Crippen LogP) is 27.1. The molecule has 0 atom stereocenters. The van der Waals surface area contributed by atoms with Gasteiger partial charge in [0.05, 0.1) is 68.6 Å². The first kappa shape index (κ1) is 67.0. The lowest BCUT2D eigenvalue weighted by Crippen LogP contribution is -2.18. The second-order valence-electron chi connectivity index (χ2n) is 32.6. The topological polar surface area (TPSA) is 64.5 Å². The van der Waals surface area contributed by atoms with Gasteiger partial charge in [-0.1, -0.05) is 204 Å². The fraction of sp³-hybridized carbons (Fsp3) is 0.208. The molecular formula is C96H90N8. The Bertz CT molecular complexity index is 5270.